The first kappa shape index (κ1) is 13.5. The van der Waals surface area contributed by atoms with Crippen molar-refractivity contribution in [3.63, 3.8) is 0 Å². The van der Waals surface area contributed by atoms with Crippen LogP contribution in [0.4, 0.5) is 5.69 Å². The monoisotopic (exact) mass is 281 g/mol. The van der Waals surface area contributed by atoms with Crippen LogP contribution in [0.25, 0.3) is 0 Å². The molecule has 0 spiro atoms. The summed E-state index contributed by atoms with van der Waals surface area (Å²) in [4.78, 5) is 15.6. The largest absolute Gasteiger partial charge is 0.324 e. The number of anilines is 1. The van der Waals surface area contributed by atoms with Gasteiger partial charge in [0.25, 0.3) is 10.0 Å². The Bertz CT molecular complexity index is 663. The van der Waals surface area contributed by atoms with Gasteiger partial charge in [0.05, 0.1) is 5.69 Å². The minimum atomic E-state index is -3.63. The normalized spacial score (nSPS) is 18.6. The molecular formula is C12H15N3O3S. The number of hydrogen-bond acceptors (Lipinski definition) is 4. The Morgan fingerprint density at radius 1 is 1.32 bits per heavy atom. The van der Waals surface area contributed by atoms with Gasteiger partial charge >= 0.3 is 0 Å². The van der Waals surface area contributed by atoms with Crippen LogP contribution in [0.15, 0.2) is 28.1 Å². The predicted octanol–water partition coefficient (Wildman–Crippen LogP) is 1.36. The van der Waals surface area contributed by atoms with E-state index >= 15 is 0 Å². The van der Waals surface area contributed by atoms with Gasteiger partial charge < -0.3 is 5.32 Å². The highest BCUT2D eigenvalue weighted by Gasteiger charge is 2.27. The van der Waals surface area contributed by atoms with Crippen molar-refractivity contribution in [1.82, 2.24) is 4.72 Å². The molecule has 0 aliphatic carbocycles. The van der Waals surface area contributed by atoms with Gasteiger partial charge in [-0.05, 0) is 39.0 Å². The van der Waals surface area contributed by atoms with E-state index in [1.165, 1.54) is 25.1 Å². The molecule has 0 unspecified atom stereocenters. The van der Waals surface area contributed by atoms with E-state index in [4.69, 9.17) is 0 Å². The number of sulfonamides is 1. The average Bonchev–Trinajstić information content (AvgIpc) is 2.26. The van der Waals surface area contributed by atoms with E-state index < -0.39 is 10.0 Å². The second-order valence-corrected chi connectivity index (χ2v) is 6.22. The number of Topliss-reactive ketones (excluding diaryl/α,β-unsaturated/α-hetero) is 1. The van der Waals surface area contributed by atoms with Crippen LogP contribution in [0.2, 0.25) is 0 Å². The zero-order chi connectivity index (χ0) is 14.2. The zero-order valence-corrected chi connectivity index (χ0v) is 11.7. The van der Waals surface area contributed by atoms with Crippen LogP contribution >= 0.6 is 0 Å². The Morgan fingerprint density at radius 2 is 2.00 bits per heavy atom. The van der Waals surface area contributed by atoms with Crippen LogP contribution < -0.4 is 10.0 Å². The van der Waals surface area contributed by atoms with Crippen molar-refractivity contribution in [3.8, 4) is 0 Å². The molecule has 1 aromatic carbocycles. The fraction of sp³-hybridized carbons (Fsp3) is 0.333. The second kappa shape index (κ2) is 4.65. The Kier molecular flexibility index (Phi) is 3.32. The number of fused-ring (bicyclic) bond motifs is 1. The lowest BCUT2D eigenvalue weighted by atomic mass is 10.1. The van der Waals surface area contributed by atoms with E-state index in [-0.39, 0.29) is 22.7 Å². The molecule has 1 aliphatic rings. The van der Waals surface area contributed by atoms with Crippen molar-refractivity contribution in [2.75, 3.05) is 5.32 Å². The Balaban J connectivity index is 2.54. The third-order valence-corrected chi connectivity index (χ3v) is 3.94. The minimum absolute atomic E-state index is 0.0530. The van der Waals surface area contributed by atoms with Gasteiger partial charge in [-0.25, -0.2) is 18.1 Å². The van der Waals surface area contributed by atoms with E-state index in [1.54, 1.807) is 0 Å². The van der Waals surface area contributed by atoms with Gasteiger partial charge in [-0.15, -0.1) is 0 Å². The number of nitrogens with one attached hydrogen (secondary N) is 2. The Labute approximate surface area is 112 Å². The van der Waals surface area contributed by atoms with Crippen LogP contribution in [0.5, 0.6) is 0 Å². The molecule has 0 radical (unpaired) electrons. The first-order valence-corrected chi connectivity index (χ1v) is 7.30. The lowest BCUT2D eigenvalue weighted by Crippen LogP contribution is -2.41. The fourth-order valence-electron chi connectivity index (χ4n) is 1.73. The number of rotatable bonds is 2. The summed E-state index contributed by atoms with van der Waals surface area (Å²) in [5, 5.41) is 2.89. The lowest BCUT2D eigenvalue weighted by molar-refractivity contribution is 0.101. The molecule has 0 atom stereocenters. The number of nitrogens with zero attached hydrogens (tertiary/aromatic N) is 1. The smallest absolute Gasteiger partial charge is 0.266 e. The van der Waals surface area contributed by atoms with Crippen LogP contribution in [-0.4, -0.2) is 26.2 Å². The summed E-state index contributed by atoms with van der Waals surface area (Å²) in [6.45, 7) is 5.11. The van der Waals surface area contributed by atoms with E-state index in [9.17, 15) is 13.2 Å². The highest BCUT2D eigenvalue weighted by Crippen LogP contribution is 2.26. The van der Waals surface area contributed by atoms with Crippen LogP contribution in [0, 0.1) is 0 Å². The average molecular weight is 281 g/mol. The number of hydrogen-bond donors (Lipinski definition) is 2. The molecule has 19 heavy (non-hydrogen) atoms. The number of carbonyl (C=O) groups excluding carboxylic acids is 1. The van der Waals surface area contributed by atoms with E-state index in [0.717, 1.165) is 0 Å². The Hall–Kier alpha value is -1.89. The van der Waals surface area contributed by atoms with E-state index in [1.807, 2.05) is 13.8 Å². The molecule has 7 heteroatoms. The summed E-state index contributed by atoms with van der Waals surface area (Å²) >= 11 is 0. The molecule has 0 saturated carbocycles. The van der Waals surface area contributed by atoms with Gasteiger partial charge in [0, 0.05) is 11.6 Å². The summed E-state index contributed by atoms with van der Waals surface area (Å²) in [5.74, 6) is 0.0473. The van der Waals surface area contributed by atoms with Crippen molar-refractivity contribution in [1.29, 1.82) is 0 Å². The quantitative estimate of drug-likeness (QED) is 0.801. The van der Waals surface area contributed by atoms with Crippen molar-refractivity contribution >= 4 is 27.5 Å². The molecular weight excluding hydrogens is 266 g/mol. The molecule has 6 nitrogen and oxygen atoms in total. The van der Waals surface area contributed by atoms with Crippen molar-refractivity contribution in [2.24, 2.45) is 4.99 Å². The van der Waals surface area contributed by atoms with Gasteiger partial charge in [-0.3, -0.25) is 4.79 Å². The Morgan fingerprint density at radius 3 is 2.58 bits per heavy atom. The maximum Gasteiger partial charge on any atom is 0.266 e. The highest BCUT2D eigenvalue weighted by atomic mass is 32.2. The first-order valence-electron chi connectivity index (χ1n) is 5.82. The first-order chi connectivity index (χ1) is 8.79. The summed E-state index contributed by atoms with van der Waals surface area (Å²) in [6.07, 6.45) is 0. The number of ketones is 1. The van der Waals surface area contributed by atoms with Crippen LogP contribution in [0.1, 0.15) is 31.1 Å². The third-order valence-electron chi connectivity index (χ3n) is 2.55. The van der Waals surface area contributed by atoms with Crippen LogP contribution in [-0.2, 0) is 10.0 Å². The molecule has 1 aliphatic heterocycles. The molecule has 1 aromatic rings. The molecule has 0 fully saturated rings. The topological polar surface area (TPSA) is 87.6 Å². The van der Waals surface area contributed by atoms with Crippen LogP contribution in [0.3, 0.4) is 0 Å². The molecule has 2 rings (SSSR count). The molecule has 0 aromatic heterocycles. The SMILES string of the molecule is CC(=O)c1ccc2c(c1)NC(=NC(C)C)NS2(=O)=O. The maximum absolute atomic E-state index is 12.0. The highest BCUT2D eigenvalue weighted by molar-refractivity contribution is 7.90. The molecule has 102 valence electrons. The van der Waals surface area contributed by atoms with Gasteiger partial charge in [-0.2, -0.15) is 0 Å². The molecule has 0 bridgehead atoms. The maximum atomic E-state index is 12.0. The summed E-state index contributed by atoms with van der Waals surface area (Å²) in [5.41, 5.74) is 0.818. The van der Waals surface area contributed by atoms with Gasteiger partial charge in [0.2, 0.25) is 5.96 Å². The predicted molar refractivity (Wildman–Crippen MR) is 73.0 cm³/mol. The number of benzene rings is 1. The number of carbonyl (C=O) groups is 1. The minimum Gasteiger partial charge on any atom is -0.324 e. The summed E-state index contributed by atoms with van der Waals surface area (Å²) in [7, 11) is -3.63. The number of aliphatic imine (C=N–C) groups is 1. The molecule has 0 amide bonds. The van der Waals surface area contributed by atoms with E-state index in [0.29, 0.717) is 11.3 Å². The lowest BCUT2D eigenvalue weighted by Gasteiger charge is -2.22. The summed E-state index contributed by atoms with van der Waals surface area (Å²) in [6, 6.07) is 4.37. The van der Waals surface area contributed by atoms with Crippen molar-refractivity contribution < 1.29 is 13.2 Å². The fourth-order valence-corrected chi connectivity index (χ4v) is 2.85. The van der Waals surface area contributed by atoms with Gasteiger partial charge in [0.1, 0.15) is 4.90 Å². The van der Waals surface area contributed by atoms with Gasteiger partial charge in [0.15, 0.2) is 5.78 Å². The van der Waals surface area contributed by atoms with Crippen molar-refractivity contribution in [2.45, 2.75) is 31.7 Å². The zero-order valence-electron chi connectivity index (χ0n) is 10.9. The molecule has 2 N–H and O–H groups in total. The van der Waals surface area contributed by atoms with Crippen molar-refractivity contribution in [3.05, 3.63) is 23.8 Å². The molecule has 1 heterocycles. The third kappa shape index (κ3) is 2.76. The molecule has 0 saturated heterocycles. The van der Waals surface area contributed by atoms with E-state index in [2.05, 4.69) is 15.0 Å². The summed E-state index contributed by atoms with van der Waals surface area (Å²) < 4.78 is 26.4. The number of guanidine groups is 1. The second-order valence-electron chi connectivity index (χ2n) is 4.57. The standard InChI is InChI=1S/C12H15N3O3S/c1-7(2)13-12-14-10-6-9(8(3)16)4-5-11(10)19(17,18)15-12/h4-7H,1-3H3,(H2,13,14,15). The van der Waals surface area contributed by atoms with Gasteiger partial charge in [-0.1, -0.05) is 0 Å².